The average Bonchev–Trinajstić information content (AvgIpc) is 3.21. The zero-order chi connectivity index (χ0) is 41.5. The third kappa shape index (κ3) is 44.6. The third-order valence-electron chi connectivity index (χ3n) is 10.6. The first kappa shape index (κ1) is 54.6. The Hall–Kier alpha value is -2.37. The SMILES string of the molecule is CCCCCCCC/C=C\C/C=C\C/C=C\CCCC(=O)OCC(COC(=O)CCCCCCCCCCCC)OC(=O)CCCCCCCCCCCCCC. The van der Waals surface area contributed by atoms with Gasteiger partial charge in [-0.1, -0.05) is 218 Å². The van der Waals surface area contributed by atoms with Crippen LogP contribution in [0, 0.1) is 0 Å². The van der Waals surface area contributed by atoms with E-state index in [-0.39, 0.29) is 31.1 Å². The van der Waals surface area contributed by atoms with Crippen molar-refractivity contribution in [2.45, 2.75) is 258 Å². The Morgan fingerprint density at radius 2 is 0.649 bits per heavy atom. The molecular formula is C51H92O6. The molecule has 0 aromatic heterocycles. The molecule has 0 heterocycles. The van der Waals surface area contributed by atoms with Gasteiger partial charge in [-0.25, -0.2) is 0 Å². The summed E-state index contributed by atoms with van der Waals surface area (Å²) in [5.41, 5.74) is 0. The lowest BCUT2D eigenvalue weighted by molar-refractivity contribution is -0.167. The van der Waals surface area contributed by atoms with Crippen molar-refractivity contribution in [2.75, 3.05) is 13.2 Å². The summed E-state index contributed by atoms with van der Waals surface area (Å²) in [6.07, 6.45) is 52.7. The molecule has 1 atom stereocenters. The molecule has 0 aromatic rings. The molecule has 332 valence electrons. The number of hydrogen-bond acceptors (Lipinski definition) is 6. The minimum Gasteiger partial charge on any atom is -0.462 e. The molecule has 6 nitrogen and oxygen atoms in total. The van der Waals surface area contributed by atoms with E-state index in [2.05, 4.69) is 57.2 Å². The fraction of sp³-hybridized carbons (Fsp3) is 0.824. The zero-order valence-corrected chi connectivity index (χ0v) is 37.9. The number of carbonyl (C=O) groups excluding carboxylic acids is 3. The highest BCUT2D eigenvalue weighted by Crippen LogP contribution is 2.15. The van der Waals surface area contributed by atoms with Crippen molar-refractivity contribution in [2.24, 2.45) is 0 Å². The van der Waals surface area contributed by atoms with Crippen molar-refractivity contribution in [3.8, 4) is 0 Å². The lowest BCUT2D eigenvalue weighted by Crippen LogP contribution is -2.30. The van der Waals surface area contributed by atoms with Crippen molar-refractivity contribution in [1.29, 1.82) is 0 Å². The molecule has 0 radical (unpaired) electrons. The van der Waals surface area contributed by atoms with Crippen molar-refractivity contribution >= 4 is 17.9 Å². The van der Waals surface area contributed by atoms with Gasteiger partial charge in [-0.15, -0.1) is 0 Å². The first-order chi connectivity index (χ1) is 28.0. The maximum atomic E-state index is 12.7. The Labute approximate surface area is 353 Å². The van der Waals surface area contributed by atoms with Crippen LogP contribution < -0.4 is 0 Å². The second-order valence-electron chi connectivity index (χ2n) is 16.4. The number of rotatable bonds is 44. The number of allylic oxidation sites excluding steroid dienone is 6. The van der Waals surface area contributed by atoms with Gasteiger partial charge in [0.25, 0.3) is 0 Å². The summed E-state index contributed by atoms with van der Waals surface area (Å²) in [7, 11) is 0. The standard InChI is InChI=1S/C51H92O6/c1-4-7-10-13-16-19-22-24-25-26-27-28-30-32-35-38-41-44-50(53)56-47-48(46-55-49(52)43-40-37-34-31-21-18-15-12-9-6-3)57-51(54)45-42-39-36-33-29-23-20-17-14-11-8-5-2/h24-25,27-28,32,35,48H,4-23,26,29-31,33-34,36-47H2,1-3H3/b25-24-,28-27-,35-32-. The first-order valence-corrected chi connectivity index (χ1v) is 24.5. The molecule has 57 heavy (non-hydrogen) atoms. The van der Waals surface area contributed by atoms with Crippen LogP contribution in [0.5, 0.6) is 0 Å². The summed E-state index contributed by atoms with van der Waals surface area (Å²) in [6, 6.07) is 0. The number of ether oxygens (including phenoxy) is 3. The Kier molecular flexibility index (Phi) is 44.4. The minimum atomic E-state index is -0.785. The van der Waals surface area contributed by atoms with E-state index < -0.39 is 6.10 Å². The molecule has 0 rings (SSSR count). The lowest BCUT2D eigenvalue weighted by Gasteiger charge is -2.18. The minimum absolute atomic E-state index is 0.0841. The van der Waals surface area contributed by atoms with Gasteiger partial charge in [0.15, 0.2) is 6.10 Å². The van der Waals surface area contributed by atoms with Crippen LogP contribution in [0.3, 0.4) is 0 Å². The Morgan fingerprint density at radius 3 is 1.05 bits per heavy atom. The highest BCUT2D eigenvalue weighted by Gasteiger charge is 2.19. The normalized spacial score (nSPS) is 12.3. The topological polar surface area (TPSA) is 78.9 Å². The first-order valence-electron chi connectivity index (χ1n) is 24.5. The van der Waals surface area contributed by atoms with Crippen LogP contribution in [0.25, 0.3) is 0 Å². The molecule has 0 aliphatic heterocycles. The monoisotopic (exact) mass is 801 g/mol. The van der Waals surface area contributed by atoms with E-state index in [0.717, 1.165) is 57.8 Å². The Morgan fingerprint density at radius 1 is 0.351 bits per heavy atom. The smallest absolute Gasteiger partial charge is 0.306 e. The molecule has 0 saturated carbocycles. The zero-order valence-electron chi connectivity index (χ0n) is 37.9. The average molecular weight is 801 g/mol. The van der Waals surface area contributed by atoms with Gasteiger partial charge in [-0.05, 0) is 51.4 Å². The number of hydrogen-bond donors (Lipinski definition) is 0. The predicted molar refractivity (Wildman–Crippen MR) is 242 cm³/mol. The highest BCUT2D eigenvalue weighted by atomic mass is 16.6. The van der Waals surface area contributed by atoms with E-state index in [4.69, 9.17) is 14.2 Å². The highest BCUT2D eigenvalue weighted by molar-refractivity contribution is 5.71. The summed E-state index contributed by atoms with van der Waals surface area (Å²) >= 11 is 0. The Balaban J connectivity index is 4.40. The second-order valence-corrected chi connectivity index (χ2v) is 16.4. The van der Waals surface area contributed by atoms with E-state index in [1.807, 2.05) is 0 Å². The van der Waals surface area contributed by atoms with Crippen LogP contribution in [0.15, 0.2) is 36.5 Å². The van der Waals surface area contributed by atoms with Gasteiger partial charge in [0.05, 0.1) is 0 Å². The number of esters is 3. The van der Waals surface area contributed by atoms with Gasteiger partial charge in [-0.3, -0.25) is 14.4 Å². The van der Waals surface area contributed by atoms with Gasteiger partial charge in [0, 0.05) is 19.3 Å². The maximum Gasteiger partial charge on any atom is 0.306 e. The van der Waals surface area contributed by atoms with E-state index in [0.29, 0.717) is 25.7 Å². The predicted octanol–water partition coefficient (Wildman–Crippen LogP) is 15.8. The molecule has 0 amide bonds. The summed E-state index contributed by atoms with van der Waals surface area (Å²) < 4.78 is 16.7. The summed E-state index contributed by atoms with van der Waals surface area (Å²) in [4.78, 5) is 37.8. The summed E-state index contributed by atoms with van der Waals surface area (Å²) in [6.45, 7) is 6.58. The molecule has 0 aliphatic carbocycles. The van der Waals surface area contributed by atoms with Gasteiger partial charge in [0.2, 0.25) is 0 Å². The van der Waals surface area contributed by atoms with Gasteiger partial charge >= 0.3 is 17.9 Å². The van der Waals surface area contributed by atoms with Gasteiger partial charge < -0.3 is 14.2 Å². The largest absolute Gasteiger partial charge is 0.462 e. The third-order valence-corrected chi connectivity index (χ3v) is 10.6. The van der Waals surface area contributed by atoms with Gasteiger partial charge in [0.1, 0.15) is 13.2 Å². The molecule has 6 heteroatoms. The number of unbranched alkanes of at least 4 members (excludes halogenated alkanes) is 27. The fourth-order valence-electron chi connectivity index (χ4n) is 6.93. The van der Waals surface area contributed by atoms with Crippen LogP contribution in [0.2, 0.25) is 0 Å². The lowest BCUT2D eigenvalue weighted by atomic mass is 10.0. The van der Waals surface area contributed by atoms with E-state index in [1.165, 1.54) is 148 Å². The van der Waals surface area contributed by atoms with E-state index in [9.17, 15) is 14.4 Å². The maximum absolute atomic E-state index is 12.7. The summed E-state index contributed by atoms with van der Waals surface area (Å²) in [5, 5.41) is 0. The van der Waals surface area contributed by atoms with E-state index >= 15 is 0 Å². The quantitative estimate of drug-likeness (QED) is 0.0264. The molecule has 1 unspecified atom stereocenters. The van der Waals surface area contributed by atoms with Crippen LogP contribution >= 0.6 is 0 Å². The van der Waals surface area contributed by atoms with Crippen molar-refractivity contribution in [3.63, 3.8) is 0 Å². The second kappa shape index (κ2) is 46.3. The molecule has 0 saturated heterocycles. The van der Waals surface area contributed by atoms with E-state index in [1.54, 1.807) is 0 Å². The van der Waals surface area contributed by atoms with Crippen LogP contribution in [-0.4, -0.2) is 37.2 Å². The molecule has 0 spiro atoms. The molecule has 0 aliphatic rings. The van der Waals surface area contributed by atoms with Crippen LogP contribution in [0.1, 0.15) is 252 Å². The Bertz CT molecular complexity index is 969. The molecular weight excluding hydrogens is 709 g/mol. The van der Waals surface area contributed by atoms with Crippen LogP contribution in [0.4, 0.5) is 0 Å². The van der Waals surface area contributed by atoms with Crippen molar-refractivity contribution < 1.29 is 28.6 Å². The van der Waals surface area contributed by atoms with Crippen LogP contribution in [-0.2, 0) is 28.6 Å². The molecule has 0 N–H and O–H groups in total. The molecule has 0 fully saturated rings. The van der Waals surface area contributed by atoms with Crippen molar-refractivity contribution in [1.82, 2.24) is 0 Å². The fourth-order valence-corrected chi connectivity index (χ4v) is 6.93. The van der Waals surface area contributed by atoms with Crippen molar-refractivity contribution in [3.05, 3.63) is 36.5 Å². The number of carbonyl (C=O) groups is 3. The van der Waals surface area contributed by atoms with Gasteiger partial charge in [-0.2, -0.15) is 0 Å². The molecule has 0 aromatic carbocycles. The summed E-state index contributed by atoms with van der Waals surface area (Å²) in [5.74, 6) is -0.934. The molecule has 0 bridgehead atoms.